The molecule has 4 aromatic heterocycles. The highest BCUT2D eigenvalue weighted by molar-refractivity contribution is 7.13. The summed E-state index contributed by atoms with van der Waals surface area (Å²) in [4.78, 5) is 9.46. The highest BCUT2D eigenvalue weighted by Crippen LogP contribution is 2.36. The zero-order chi connectivity index (χ0) is 19.2. The van der Waals surface area contributed by atoms with Crippen molar-refractivity contribution >= 4 is 38.8 Å². The first-order chi connectivity index (χ1) is 14.4. The lowest BCUT2D eigenvalue weighted by Crippen LogP contribution is -2.20. The third-order valence-corrected chi connectivity index (χ3v) is 6.46. The molecule has 0 saturated heterocycles. The van der Waals surface area contributed by atoms with Crippen molar-refractivity contribution in [1.82, 2.24) is 25.5 Å². The number of rotatable bonds is 3. The van der Waals surface area contributed by atoms with Crippen LogP contribution in [0.15, 0.2) is 60.1 Å². The van der Waals surface area contributed by atoms with Crippen molar-refractivity contribution < 1.29 is 0 Å². The van der Waals surface area contributed by atoms with Crippen molar-refractivity contribution in [3.8, 4) is 21.8 Å². The molecule has 6 rings (SSSR count). The van der Waals surface area contributed by atoms with E-state index in [-0.39, 0.29) is 0 Å². The fourth-order valence-corrected chi connectivity index (χ4v) is 4.86. The Bertz CT molecular complexity index is 1360. The van der Waals surface area contributed by atoms with Crippen molar-refractivity contribution in [2.24, 2.45) is 0 Å². The van der Waals surface area contributed by atoms with Gasteiger partial charge in [0, 0.05) is 39.5 Å². The van der Waals surface area contributed by atoms with E-state index in [0.717, 1.165) is 47.4 Å². The maximum Gasteiger partial charge on any atom is 0.155 e. The van der Waals surface area contributed by atoms with Gasteiger partial charge in [0.05, 0.1) is 5.69 Å². The van der Waals surface area contributed by atoms with Gasteiger partial charge >= 0.3 is 0 Å². The zero-order valence-corrected chi connectivity index (χ0v) is 16.5. The molecule has 5 heterocycles. The number of thiophene rings is 1. The molecular weight excluding hydrogens is 378 g/mol. The molecule has 0 atom stereocenters. The van der Waals surface area contributed by atoms with Crippen LogP contribution in [0.25, 0.3) is 49.3 Å². The predicted octanol–water partition coefficient (Wildman–Crippen LogP) is 5.21. The first-order valence-electron chi connectivity index (χ1n) is 9.77. The van der Waals surface area contributed by atoms with E-state index in [4.69, 9.17) is 0 Å². The molecule has 1 aromatic carbocycles. The Morgan fingerprint density at radius 2 is 2.03 bits per heavy atom. The Kier molecular flexibility index (Phi) is 3.85. The predicted molar refractivity (Wildman–Crippen MR) is 120 cm³/mol. The second-order valence-corrected chi connectivity index (χ2v) is 8.25. The molecule has 0 spiro atoms. The number of hydrogen-bond donors (Lipinski definition) is 3. The molecule has 6 heteroatoms. The first kappa shape index (κ1) is 16.7. The minimum absolute atomic E-state index is 0.815. The smallest absolute Gasteiger partial charge is 0.155 e. The van der Waals surface area contributed by atoms with E-state index in [0.29, 0.717) is 0 Å². The Balaban J connectivity index is 1.50. The van der Waals surface area contributed by atoms with E-state index < -0.39 is 0 Å². The van der Waals surface area contributed by atoms with E-state index >= 15 is 0 Å². The Morgan fingerprint density at radius 3 is 2.90 bits per heavy atom. The van der Waals surface area contributed by atoms with Crippen LogP contribution >= 0.6 is 11.3 Å². The van der Waals surface area contributed by atoms with Crippen LogP contribution in [0.4, 0.5) is 0 Å². The third-order valence-electron chi connectivity index (χ3n) is 5.56. The van der Waals surface area contributed by atoms with Crippen LogP contribution in [0.3, 0.4) is 0 Å². The number of pyridine rings is 1. The monoisotopic (exact) mass is 397 g/mol. The molecule has 5 nitrogen and oxygen atoms in total. The molecule has 0 amide bonds. The molecule has 0 radical (unpaired) electrons. The van der Waals surface area contributed by atoms with Crippen molar-refractivity contribution in [2.45, 2.75) is 6.42 Å². The molecule has 142 valence electrons. The summed E-state index contributed by atoms with van der Waals surface area (Å²) in [5, 5.41) is 15.4. The van der Waals surface area contributed by atoms with Gasteiger partial charge in [0.2, 0.25) is 0 Å². The Hall–Kier alpha value is -3.22. The second kappa shape index (κ2) is 6.69. The highest BCUT2D eigenvalue weighted by Gasteiger charge is 2.16. The Labute approximate surface area is 171 Å². The average Bonchev–Trinajstić information content (AvgIpc) is 3.52. The summed E-state index contributed by atoms with van der Waals surface area (Å²) in [5.74, 6) is 0. The van der Waals surface area contributed by atoms with Gasteiger partial charge in [-0.05, 0) is 53.7 Å². The summed E-state index contributed by atoms with van der Waals surface area (Å²) >= 11 is 1.76. The molecule has 0 aliphatic carbocycles. The fraction of sp³-hybridized carbons (Fsp3) is 0.130. The van der Waals surface area contributed by atoms with Crippen LogP contribution in [-0.2, 0) is 0 Å². The molecule has 0 saturated carbocycles. The summed E-state index contributed by atoms with van der Waals surface area (Å²) in [7, 11) is 0. The van der Waals surface area contributed by atoms with Gasteiger partial charge in [0.15, 0.2) is 5.65 Å². The lowest BCUT2D eigenvalue weighted by Gasteiger charge is -2.13. The molecule has 0 bridgehead atoms. The lowest BCUT2D eigenvalue weighted by atomic mass is 10.0. The molecule has 0 unspecified atom stereocenters. The van der Waals surface area contributed by atoms with Gasteiger partial charge in [0.1, 0.15) is 5.69 Å². The molecule has 0 fully saturated rings. The van der Waals surface area contributed by atoms with E-state index in [1.807, 2.05) is 6.20 Å². The molecular formula is C23H19N5S. The SMILES string of the molecule is C1=C(c2cnc3[nH]nc(-c4cc5c(-c6cccs6)cccc5[nH]4)c3c2)CCNC1. The molecule has 5 aromatic rings. The first-order valence-corrected chi connectivity index (χ1v) is 10.6. The standard InChI is InChI=1S/C23H19N5S/c1-3-16(21-5-2-10-29-21)17-12-20(26-19(17)4-1)22-18-11-15(13-25-23(18)28-27-22)14-6-8-24-9-7-14/h1-6,10-13,24,26H,7-9H2,(H,25,27,28). The summed E-state index contributed by atoms with van der Waals surface area (Å²) in [6.45, 7) is 1.93. The highest BCUT2D eigenvalue weighted by atomic mass is 32.1. The number of nitrogens with one attached hydrogen (secondary N) is 3. The van der Waals surface area contributed by atoms with Crippen molar-refractivity contribution in [3.05, 3.63) is 65.7 Å². The number of H-pyrrole nitrogens is 2. The second-order valence-electron chi connectivity index (χ2n) is 7.30. The number of benzene rings is 1. The van der Waals surface area contributed by atoms with Gasteiger partial charge in [-0.2, -0.15) is 5.10 Å². The number of nitrogens with zero attached hydrogens (tertiary/aromatic N) is 2. The van der Waals surface area contributed by atoms with Crippen molar-refractivity contribution in [2.75, 3.05) is 13.1 Å². The molecule has 1 aliphatic rings. The molecule has 29 heavy (non-hydrogen) atoms. The van der Waals surface area contributed by atoms with Gasteiger partial charge in [0.25, 0.3) is 0 Å². The van der Waals surface area contributed by atoms with Crippen LogP contribution in [0, 0.1) is 0 Å². The normalized spacial score (nSPS) is 14.6. The molecule has 1 aliphatic heterocycles. The van der Waals surface area contributed by atoms with Crippen LogP contribution in [0.5, 0.6) is 0 Å². The number of fused-ring (bicyclic) bond motifs is 2. The van der Waals surface area contributed by atoms with Crippen LogP contribution in [0.1, 0.15) is 12.0 Å². The van der Waals surface area contributed by atoms with Crippen LogP contribution in [-0.4, -0.2) is 33.3 Å². The van der Waals surface area contributed by atoms with Gasteiger partial charge in [-0.15, -0.1) is 11.3 Å². The van der Waals surface area contributed by atoms with Crippen LogP contribution in [0.2, 0.25) is 0 Å². The quantitative estimate of drug-likeness (QED) is 0.391. The van der Waals surface area contributed by atoms with Crippen LogP contribution < -0.4 is 5.32 Å². The summed E-state index contributed by atoms with van der Waals surface area (Å²) < 4.78 is 0. The maximum absolute atomic E-state index is 4.62. The van der Waals surface area contributed by atoms with E-state index in [1.165, 1.54) is 27.0 Å². The number of aromatic nitrogens is 4. The minimum atomic E-state index is 0.815. The van der Waals surface area contributed by atoms with Gasteiger partial charge < -0.3 is 10.3 Å². The van der Waals surface area contributed by atoms with E-state index in [1.54, 1.807) is 11.3 Å². The Morgan fingerprint density at radius 1 is 1.03 bits per heavy atom. The van der Waals surface area contributed by atoms with Crippen molar-refractivity contribution in [3.63, 3.8) is 0 Å². The van der Waals surface area contributed by atoms with E-state index in [2.05, 4.69) is 79.4 Å². The fourth-order valence-electron chi connectivity index (χ4n) is 4.10. The summed E-state index contributed by atoms with van der Waals surface area (Å²) in [6.07, 6.45) is 5.22. The summed E-state index contributed by atoms with van der Waals surface area (Å²) in [6, 6.07) is 15.1. The van der Waals surface area contributed by atoms with Gasteiger partial charge in [-0.1, -0.05) is 24.3 Å². The molecule has 3 N–H and O–H groups in total. The largest absolute Gasteiger partial charge is 0.353 e. The minimum Gasteiger partial charge on any atom is -0.353 e. The zero-order valence-electron chi connectivity index (χ0n) is 15.7. The third kappa shape index (κ3) is 2.80. The topological polar surface area (TPSA) is 69.4 Å². The lowest BCUT2D eigenvalue weighted by molar-refractivity contribution is 0.738. The number of hydrogen-bond acceptors (Lipinski definition) is 4. The van der Waals surface area contributed by atoms with E-state index in [9.17, 15) is 0 Å². The maximum atomic E-state index is 4.62. The number of aromatic amines is 2. The average molecular weight is 398 g/mol. The summed E-state index contributed by atoms with van der Waals surface area (Å²) in [5.41, 5.74) is 7.63. The van der Waals surface area contributed by atoms with Crippen molar-refractivity contribution in [1.29, 1.82) is 0 Å². The van der Waals surface area contributed by atoms with Gasteiger partial charge in [-0.25, -0.2) is 4.98 Å². The van der Waals surface area contributed by atoms with Gasteiger partial charge in [-0.3, -0.25) is 5.10 Å².